The van der Waals surface area contributed by atoms with E-state index in [1.165, 1.54) is 36.1 Å². The summed E-state index contributed by atoms with van der Waals surface area (Å²) >= 11 is 0. The van der Waals surface area contributed by atoms with Crippen LogP contribution in [0.5, 0.6) is 0 Å². The molecule has 0 aliphatic carbocycles. The number of sulfonamides is 1. The fourth-order valence-corrected chi connectivity index (χ4v) is 5.38. The highest BCUT2D eigenvalue weighted by atomic mass is 32.2. The SMILES string of the molecule is CCOC(=O)N1CCN(c2nc(C(F)(F)F)nc3ccc(C(=O)N[C@H](C)c4cc(C)c(NS(=O)(=O)CC)cc4F)cc23)CC1. The molecule has 2 aromatic carbocycles. The number of rotatable bonds is 8. The number of benzene rings is 2. The summed E-state index contributed by atoms with van der Waals surface area (Å²) in [5.74, 6) is -2.95. The molecule has 0 radical (unpaired) electrons. The molecule has 1 aromatic heterocycles. The minimum absolute atomic E-state index is 0.0356. The minimum atomic E-state index is -4.82. The van der Waals surface area contributed by atoms with Crippen molar-refractivity contribution in [2.24, 2.45) is 0 Å². The smallest absolute Gasteiger partial charge is 0.450 e. The van der Waals surface area contributed by atoms with Crippen molar-refractivity contribution in [1.82, 2.24) is 20.2 Å². The Morgan fingerprint density at radius 1 is 1.07 bits per heavy atom. The van der Waals surface area contributed by atoms with Gasteiger partial charge in [-0.1, -0.05) is 0 Å². The number of aryl methyl sites for hydroxylation is 1. The van der Waals surface area contributed by atoms with E-state index in [1.54, 1.807) is 25.7 Å². The van der Waals surface area contributed by atoms with Gasteiger partial charge in [0.1, 0.15) is 11.6 Å². The first kappa shape index (κ1) is 32.7. The first-order valence-corrected chi connectivity index (χ1v) is 15.5. The second-order valence-electron chi connectivity index (χ2n) is 10.2. The average Bonchev–Trinajstić information content (AvgIpc) is 2.97. The van der Waals surface area contributed by atoms with Crippen molar-refractivity contribution in [2.75, 3.05) is 48.2 Å². The summed E-state index contributed by atoms with van der Waals surface area (Å²) in [6.07, 6.45) is -5.35. The lowest BCUT2D eigenvalue weighted by atomic mass is 10.0. The van der Waals surface area contributed by atoms with Crippen LogP contribution >= 0.6 is 0 Å². The number of halogens is 4. The fourth-order valence-electron chi connectivity index (χ4n) is 4.68. The number of nitrogens with zero attached hydrogens (tertiary/aromatic N) is 4. The minimum Gasteiger partial charge on any atom is -0.450 e. The Morgan fingerprint density at radius 2 is 1.75 bits per heavy atom. The van der Waals surface area contributed by atoms with Crippen molar-refractivity contribution in [3.8, 4) is 0 Å². The van der Waals surface area contributed by atoms with Crippen LogP contribution in [0, 0.1) is 12.7 Å². The van der Waals surface area contributed by atoms with Crippen LogP contribution in [0.2, 0.25) is 0 Å². The molecule has 3 aromatic rings. The first-order chi connectivity index (χ1) is 20.6. The predicted molar refractivity (Wildman–Crippen MR) is 155 cm³/mol. The van der Waals surface area contributed by atoms with Crippen molar-refractivity contribution in [1.29, 1.82) is 0 Å². The number of amides is 2. The molecular weight excluding hydrogens is 608 g/mol. The van der Waals surface area contributed by atoms with Crippen LogP contribution < -0.4 is 14.9 Å². The zero-order chi connectivity index (χ0) is 32.4. The van der Waals surface area contributed by atoms with Gasteiger partial charge in [0.15, 0.2) is 0 Å². The molecule has 1 aliphatic heterocycles. The molecule has 1 atom stereocenters. The zero-order valence-electron chi connectivity index (χ0n) is 24.5. The Hall–Kier alpha value is -4.21. The molecule has 16 heteroatoms. The average molecular weight is 641 g/mol. The van der Waals surface area contributed by atoms with E-state index in [-0.39, 0.29) is 72.1 Å². The van der Waals surface area contributed by atoms with Crippen LogP contribution in [0.25, 0.3) is 10.9 Å². The lowest BCUT2D eigenvalue weighted by molar-refractivity contribution is -0.144. The normalized spacial score (nSPS) is 14.8. The molecule has 11 nitrogen and oxygen atoms in total. The maximum Gasteiger partial charge on any atom is 0.451 e. The molecule has 2 amide bonds. The molecule has 1 fully saturated rings. The number of carbonyl (C=O) groups is 2. The molecule has 0 saturated carbocycles. The van der Waals surface area contributed by atoms with Crippen LogP contribution in [-0.2, 0) is 20.9 Å². The molecule has 1 saturated heterocycles. The van der Waals surface area contributed by atoms with Crippen LogP contribution in [0.15, 0.2) is 30.3 Å². The van der Waals surface area contributed by atoms with Crippen molar-refractivity contribution in [3.05, 3.63) is 58.7 Å². The molecule has 44 heavy (non-hydrogen) atoms. The van der Waals surface area contributed by atoms with Crippen LogP contribution in [0.1, 0.15) is 54.1 Å². The molecular formula is C28H32F4N6O5S. The largest absolute Gasteiger partial charge is 0.451 e. The lowest BCUT2D eigenvalue weighted by Crippen LogP contribution is -2.49. The number of ether oxygens (including phenoxy) is 1. The summed E-state index contributed by atoms with van der Waals surface area (Å²) in [7, 11) is -3.64. The van der Waals surface area contributed by atoms with Gasteiger partial charge in [-0.2, -0.15) is 13.2 Å². The van der Waals surface area contributed by atoms with Crippen molar-refractivity contribution < 1.29 is 40.3 Å². The Balaban J connectivity index is 1.62. The fraction of sp³-hybridized carbons (Fsp3) is 0.429. The van der Waals surface area contributed by atoms with Gasteiger partial charge in [-0.05, 0) is 63.6 Å². The summed E-state index contributed by atoms with van der Waals surface area (Å²) in [5, 5.41) is 2.87. The summed E-state index contributed by atoms with van der Waals surface area (Å²) in [5.41, 5.74) is 0.662. The monoisotopic (exact) mass is 640 g/mol. The number of piperazine rings is 1. The van der Waals surface area contributed by atoms with Gasteiger partial charge in [-0.3, -0.25) is 9.52 Å². The van der Waals surface area contributed by atoms with Gasteiger partial charge < -0.3 is 19.9 Å². The molecule has 4 rings (SSSR count). The van der Waals surface area contributed by atoms with Gasteiger partial charge in [-0.15, -0.1) is 0 Å². The van der Waals surface area contributed by atoms with E-state index in [4.69, 9.17) is 4.74 Å². The zero-order valence-corrected chi connectivity index (χ0v) is 25.3. The van der Waals surface area contributed by atoms with Crippen molar-refractivity contribution in [2.45, 2.75) is 39.9 Å². The molecule has 2 heterocycles. The van der Waals surface area contributed by atoms with E-state index in [0.717, 1.165) is 6.07 Å². The van der Waals surface area contributed by atoms with E-state index < -0.39 is 45.9 Å². The molecule has 238 valence electrons. The van der Waals surface area contributed by atoms with E-state index in [2.05, 4.69) is 20.0 Å². The summed E-state index contributed by atoms with van der Waals surface area (Å²) in [6.45, 7) is 7.15. The van der Waals surface area contributed by atoms with Crippen molar-refractivity contribution >= 4 is 44.4 Å². The third-order valence-electron chi connectivity index (χ3n) is 7.10. The van der Waals surface area contributed by atoms with Crippen molar-refractivity contribution in [3.63, 3.8) is 0 Å². The quantitative estimate of drug-likeness (QED) is 0.341. The predicted octanol–water partition coefficient (Wildman–Crippen LogP) is 4.63. The number of hydrogen-bond acceptors (Lipinski definition) is 8. The molecule has 1 aliphatic rings. The third-order valence-corrected chi connectivity index (χ3v) is 8.39. The number of alkyl halides is 3. The topological polar surface area (TPSA) is 134 Å². The number of fused-ring (bicyclic) bond motifs is 1. The number of hydrogen-bond donors (Lipinski definition) is 2. The van der Waals surface area contributed by atoms with Gasteiger partial charge in [0.05, 0.1) is 29.6 Å². The Morgan fingerprint density at radius 3 is 2.36 bits per heavy atom. The van der Waals surface area contributed by atoms with E-state index >= 15 is 4.39 Å². The van der Waals surface area contributed by atoms with Crippen LogP contribution in [-0.4, -0.2) is 73.8 Å². The highest BCUT2D eigenvalue weighted by Gasteiger charge is 2.37. The van der Waals surface area contributed by atoms with Gasteiger partial charge >= 0.3 is 12.3 Å². The first-order valence-electron chi connectivity index (χ1n) is 13.8. The molecule has 0 spiro atoms. The Bertz CT molecular complexity index is 1680. The second kappa shape index (κ2) is 12.8. The van der Waals surface area contributed by atoms with E-state index in [0.29, 0.717) is 5.56 Å². The van der Waals surface area contributed by atoms with Gasteiger partial charge in [-0.25, -0.2) is 27.6 Å². The number of aromatic nitrogens is 2. The van der Waals surface area contributed by atoms with E-state index in [9.17, 15) is 31.2 Å². The van der Waals surface area contributed by atoms with Crippen LogP contribution in [0.4, 0.5) is 33.9 Å². The number of nitrogens with one attached hydrogen (secondary N) is 2. The summed E-state index contributed by atoms with van der Waals surface area (Å²) in [4.78, 5) is 35.8. The van der Waals surface area contributed by atoms with Gasteiger partial charge in [0.2, 0.25) is 15.8 Å². The second-order valence-corrected chi connectivity index (χ2v) is 12.2. The number of anilines is 2. The molecule has 2 N–H and O–H groups in total. The standard InChI is InChI=1S/C28H32F4N6O5S/c1-5-43-27(40)38-11-9-37(10-12-38)24-20-14-18(7-8-22(20)34-26(35-24)28(30,31)32)25(39)33-17(4)19-13-16(3)23(15-21(19)29)36-44(41,42)6-2/h7-8,13-15,17,36H,5-6,9-12H2,1-4H3,(H,33,39)/t17-/m1/s1. The lowest BCUT2D eigenvalue weighted by Gasteiger charge is -2.35. The Kier molecular flexibility index (Phi) is 9.51. The Labute approximate surface area is 251 Å². The maximum absolute atomic E-state index is 15.0. The van der Waals surface area contributed by atoms with Gasteiger partial charge in [0.25, 0.3) is 5.91 Å². The summed E-state index contributed by atoms with van der Waals surface area (Å²) < 4.78 is 87.2. The molecule has 0 unspecified atom stereocenters. The highest BCUT2D eigenvalue weighted by molar-refractivity contribution is 7.92. The highest BCUT2D eigenvalue weighted by Crippen LogP contribution is 2.33. The van der Waals surface area contributed by atoms with Gasteiger partial charge in [0, 0.05) is 42.7 Å². The third kappa shape index (κ3) is 7.29. The maximum atomic E-state index is 15.0. The summed E-state index contributed by atoms with van der Waals surface area (Å²) in [6, 6.07) is 5.57. The van der Waals surface area contributed by atoms with E-state index in [1.807, 2.05) is 0 Å². The van der Waals surface area contributed by atoms with Crippen LogP contribution in [0.3, 0.4) is 0 Å². The number of carbonyl (C=O) groups excluding carboxylic acids is 2. The molecule has 0 bridgehead atoms.